The van der Waals surface area contributed by atoms with Gasteiger partial charge in [-0.1, -0.05) is 30.1 Å². The molecule has 2 aromatic rings. The Morgan fingerprint density at radius 1 is 1.11 bits per heavy atom. The summed E-state index contributed by atoms with van der Waals surface area (Å²) >= 11 is 11.9. The van der Waals surface area contributed by atoms with Gasteiger partial charge in [0, 0.05) is 17.3 Å². The van der Waals surface area contributed by atoms with Crippen molar-refractivity contribution in [3.8, 4) is 5.75 Å². The van der Waals surface area contributed by atoms with Gasteiger partial charge in [-0.25, -0.2) is 8.42 Å². The summed E-state index contributed by atoms with van der Waals surface area (Å²) < 4.78 is 32.1. The minimum atomic E-state index is -3.89. The van der Waals surface area contributed by atoms with Gasteiger partial charge in [0.1, 0.15) is 5.75 Å². The van der Waals surface area contributed by atoms with Crippen molar-refractivity contribution in [2.24, 2.45) is 0 Å². The number of benzene rings is 2. The predicted octanol–water partition coefficient (Wildman–Crippen LogP) is 4.04. The molecule has 2 aromatic carbocycles. The van der Waals surface area contributed by atoms with Crippen LogP contribution in [-0.2, 0) is 14.8 Å². The fraction of sp³-hybridized carbons (Fsp3) is 0.278. The number of carbonyl (C=O) groups is 1. The van der Waals surface area contributed by atoms with Gasteiger partial charge in [0.05, 0.1) is 23.1 Å². The average molecular weight is 431 g/mol. The molecular formula is C18H20Cl2N2O4S. The Bertz CT molecular complexity index is 902. The lowest BCUT2D eigenvalue weighted by Gasteiger charge is -2.20. The second kappa shape index (κ2) is 9.41. The summed E-state index contributed by atoms with van der Waals surface area (Å²) in [6, 6.07) is 10.8. The Morgan fingerprint density at radius 2 is 1.78 bits per heavy atom. The molecule has 1 N–H and O–H groups in total. The first-order chi connectivity index (χ1) is 12.8. The summed E-state index contributed by atoms with van der Waals surface area (Å²) in [5, 5.41) is 3.38. The van der Waals surface area contributed by atoms with Crippen LogP contribution in [0.2, 0.25) is 10.0 Å². The average Bonchev–Trinajstić information content (AvgIpc) is 2.63. The van der Waals surface area contributed by atoms with E-state index in [9.17, 15) is 13.2 Å². The lowest BCUT2D eigenvalue weighted by molar-refractivity contribution is -0.116. The van der Waals surface area contributed by atoms with Gasteiger partial charge in [-0.05, 0) is 49.4 Å². The molecule has 0 atom stereocenters. The Hall–Kier alpha value is -1.80. The highest BCUT2D eigenvalue weighted by molar-refractivity contribution is 7.89. The van der Waals surface area contributed by atoms with E-state index in [1.54, 1.807) is 38.1 Å². The number of likely N-dealkylation sites (N-methyl/N-ethyl adjacent to an activating group) is 1. The number of carbonyl (C=O) groups excluding carboxylic acids is 1. The number of ether oxygens (including phenoxy) is 1. The van der Waals surface area contributed by atoms with Gasteiger partial charge in [-0.15, -0.1) is 0 Å². The molecule has 2 rings (SSSR count). The standard InChI is InChI=1S/C18H20Cl2N2O4S/c1-3-22(12-18(23)21-14-7-5-13(19)6-8-14)27(24,25)15-9-10-17(26-4-2)16(20)11-15/h5-11H,3-4,12H2,1-2H3,(H,21,23). The van der Waals surface area contributed by atoms with Crippen molar-refractivity contribution in [3.63, 3.8) is 0 Å². The third-order valence-corrected chi connectivity index (χ3v) is 6.11. The quantitative estimate of drug-likeness (QED) is 0.685. The molecule has 0 fully saturated rings. The van der Waals surface area contributed by atoms with Crippen LogP contribution in [0.4, 0.5) is 5.69 Å². The van der Waals surface area contributed by atoms with E-state index in [0.717, 1.165) is 4.31 Å². The summed E-state index contributed by atoms with van der Waals surface area (Å²) in [4.78, 5) is 12.3. The maximum atomic E-state index is 12.8. The minimum absolute atomic E-state index is 0.00269. The Kier molecular flexibility index (Phi) is 7.49. The number of halogens is 2. The van der Waals surface area contributed by atoms with E-state index in [1.165, 1.54) is 18.2 Å². The minimum Gasteiger partial charge on any atom is -0.492 e. The van der Waals surface area contributed by atoms with E-state index in [4.69, 9.17) is 27.9 Å². The molecule has 9 heteroatoms. The number of nitrogens with zero attached hydrogens (tertiary/aromatic N) is 1. The van der Waals surface area contributed by atoms with E-state index in [1.807, 2.05) is 0 Å². The van der Waals surface area contributed by atoms with E-state index in [0.29, 0.717) is 23.1 Å². The molecule has 27 heavy (non-hydrogen) atoms. The summed E-state index contributed by atoms with van der Waals surface area (Å²) in [6.07, 6.45) is 0. The second-order valence-corrected chi connectivity index (χ2v) is 8.29. The van der Waals surface area contributed by atoms with Crippen molar-refractivity contribution in [1.82, 2.24) is 4.31 Å². The van der Waals surface area contributed by atoms with Gasteiger partial charge < -0.3 is 10.1 Å². The lowest BCUT2D eigenvalue weighted by atomic mass is 10.3. The molecule has 0 aliphatic carbocycles. The molecule has 0 unspecified atom stereocenters. The molecule has 0 saturated carbocycles. The monoisotopic (exact) mass is 430 g/mol. The fourth-order valence-corrected chi connectivity index (χ4v) is 4.18. The third kappa shape index (κ3) is 5.59. The Labute approximate surface area is 169 Å². The van der Waals surface area contributed by atoms with Crippen LogP contribution in [0.1, 0.15) is 13.8 Å². The van der Waals surface area contributed by atoms with Crippen LogP contribution in [0.25, 0.3) is 0 Å². The molecule has 6 nitrogen and oxygen atoms in total. The SMILES string of the molecule is CCOc1ccc(S(=O)(=O)N(CC)CC(=O)Nc2ccc(Cl)cc2)cc1Cl. The van der Waals surface area contributed by atoms with Crippen molar-refractivity contribution in [3.05, 3.63) is 52.5 Å². The topological polar surface area (TPSA) is 75.7 Å². The number of hydrogen-bond donors (Lipinski definition) is 1. The van der Waals surface area contributed by atoms with Crippen molar-refractivity contribution in [2.75, 3.05) is 25.0 Å². The first-order valence-electron chi connectivity index (χ1n) is 8.25. The molecular weight excluding hydrogens is 411 g/mol. The van der Waals surface area contributed by atoms with Crippen LogP contribution in [0, 0.1) is 0 Å². The van der Waals surface area contributed by atoms with Gasteiger partial charge in [0.2, 0.25) is 15.9 Å². The maximum absolute atomic E-state index is 12.8. The lowest BCUT2D eigenvalue weighted by Crippen LogP contribution is -2.37. The largest absolute Gasteiger partial charge is 0.492 e. The first-order valence-corrected chi connectivity index (χ1v) is 10.5. The number of anilines is 1. The van der Waals surface area contributed by atoms with Gasteiger partial charge in [0.15, 0.2) is 0 Å². The van der Waals surface area contributed by atoms with Crippen LogP contribution < -0.4 is 10.1 Å². The van der Waals surface area contributed by atoms with Gasteiger partial charge in [-0.3, -0.25) is 4.79 Å². The number of sulfonamides is 1. The summed E-state index contributed by atoms with van der Waals surface area (Å²) in [5.74, 6) is -0.0542. The molecule has 0 heterocycles. The van der Waals surface area contributed by atoms with Crippen molar-refractivity contribution in [2.45, 2.75) is 18.7 Å². The number of hydrogen-bond acceptors (Lipinski definition) is 4. The van der Waals surface area contributed by atoms with Crippen molar-refractivity contribution < 1.29 is 17.9 Å². The van der Waals surface area contributed by atoms with E-state index < -0.39 is 15.9 Å². The molecule has 0 saturated heterocycles. The van der Waals surface area contributed by atoms with Crippen LogP contribution in [0.3, 0.4) is 0 Å². The van der Waals surface area contributed by atoms with Crippen molar-refractivity contribution in [1.29, 1.82) is 0 Å². The zero-order valence-electron chi connectivity index (χ0n) is 14.9. The molecule has 0 spiro atoms. The van der Waals surface area contributed by atoms with Gasteiger partial charge in [-0.2, -0.15) is 4.31 Å². The normalized spacial score (nSPS) is 11.4. The number of rotatable bonds is 8. The molecule has 0 aliphatic heterocycles. The molecule has 0 bridgehead atoms. The smallest absolute Gasteiger partial charge is 0.243 e. The van der Waals surface area contributed by atoms with Crippen LogP contribution in [0.15, 0.2) is 47.4 Å². The molecule has 0 aromatic heterocycles. The van der Waals surface area contributed by atoms with E-state index >= 15 is 0 Å². The first kappa shape index (κ1) is 21.5. The zero-order chi connectivity index (χ0) is 20.0. The van der Waals surface area contributed by atoms with Gasteiger partial charge >= 0.3 is 0 Å². The Morgan fingerprint density at radius 3 is 2.33 bits per heavy atom. The Balaban J connectivity index is 2.15. The maximum Gasteiger partial charge on any atom is 0.243 e. The van der Waals surface area contributed by atoms with Crippen molar-refractivity contribution >= 4 is 44.8 Å². The highest BCUT2D eigenvalue weighted by atomic mass is 35.5. The fourth-order valence-electron chi connectivity index (χ4n) is 2.32. The molecule has 0 radical (unpaired) electrons. The molecule has 0 aliphatic rings. The summed E-state index contributed by atoms with van der Waals surface area (Å²) in [7, 11) is -3.89. The van der Waals surface area contributed by atoms with Gasteiger partial charge in [0.25, 0.3) is 0 Å². The molecule has 146 valence electrons. The predicted molar refractivity (Wildman–Crippen MR) is 107 cm³/mol. The zero-order valence-corrected chi connectivity index (χ0v) is 17.2. The summed E-state index contributed by atoms with van der Waals surface area (Å²) in [6.45, 7) is 3.67. The van der Waals surface area contributed by atoms with E-state index in [2.05, 4.69) is 5.32 Å². The highest BCUT2D eigenvalue weighted by Crippen LogP contribution is 2.28. The number of nitrogens with one attached hydrogen (secondary N) is 1. The molecule has 1 amide bonds. The summed E-state index contributed by atoms with van der Waals surface area (Å²) in [5.41, 5.74) is 0.530. The third-order valence-electron chi connectivity index (χ3n) is 3.64. The second-order valence-electron chi connectivity index (χ2n) is 5.51. The van der Waals surface area contributed by atoms with Crippen LogP contribution in [0.5, 0.6) is 5.75 Å². The number of amides is 1. The van der Waals surface area contributed by atoms with Crippen LogP contribution in [-0.4, -0.2) is 38.3 Å². The van der Waals surface area contributed by atoms with Crippen LogP contribution >= 0.6 is 23.2 Å². The highest BCUT2D eigenvalue weighted by Gasteiger charge is 2.26. The van der Waals surface area contributed by atoms with E-state index in [-0.39, 0.29) is 23.0 Å².